The molecule has 0 amide bonds. The molecule has 4 nitrogen and oxygen atoms in total. The molecule has 0 saturated carbocycles. The number of hydrogen-bond acceptors (Lipinski definition) is 4. The number of alkyl halides is 5. The molecule has 30 heavy (non-hydrogen) atoms. The Morgan fingerprint density at radius 3 is 2.27 bits per heavy atom. The Morgan fingerprint density at radius 2 is 1.73 bits per heavy atom. The van der Waals surface area contributed by atoms with Crippen molar-refractivity contribution in [2.75, 3.05) is 25.2 Å². The summed E-state index contributed by atoms with van der Waals surface area (Å²) in [6.07, 6.45) is -3.98. The summed E-state index contributed by atoms with van der Waals surface area (Å²) in [7, 11) is 1.27. The molecule has 0 N–H and O–H groups in total. The zero-order valence-corrected chi connectivity index (χ0v) is 16.0. The van der Waals surface area contributed by atoms with Crippen molar-refractivity contribution in [2.45, 2.75) is 31.2 Å². The molecule has 1 heterocycles. The Bertz CT molecular complexity index is 852. The molecule has 1 fully saturated rings. The maximum Gasteiger partial charge on any atom is 0.416 e. The average Bonchev–Trinajstić information content (AvgIpc) is 3.15. The number of anilines is 1. The SMILES string of the molecule is COC(=O)c1ccc(N2CC(c3ccc(C(F)(F)F)cc3)C[C@H]2COC(F)F)cc1. The van der Waals surface area contributed by atoms with Crippen LogP contribution in [0.5, 0.6) is 0 Å². The van der Waals surface area contributed by atoms with Gasteiger partial charge in [-0.05, 0) is 48.4 Å². The smallest absolute Gasteiger partial charge is 0.416 e. The van der Waals surface area contributed by atoms with Crippen molar-refractivity contribution in [1.29, 1.82) is 0 Å². The van der Waals surface area contributed by atoms with Crippen LogP contribution in [0.25, 0.3) is 0 Å². The first-order valence-electron chi connectivity index (χ1n) is 9.21. The Kier molecular flexibility index (Phi) is 6.60. The molecule has 0 aromatic heterocycles. The van der Waals surface area contributed by atoms with Crippen LogP contribution in [-0.2, 0) is 15.7 Å². The predicted octanol–water partition coefficient (Wildman–Crippen LogP) is 5.09. The van der Waals surface area contributed by atoms with Crippen LogP contribution in [0.4, 0.5) is 27.6 Å². The number of nitrogens with zero attached hydrogens (tertiary/aromatic N) is 1. The summed E-state index contributed by atoms with van der Waals surface area (Å²) >= 11 is 0. The third-order valence-corrected chi connectivity index (χ3v) is 5.16. The molecule has 2 aromatic rings. The van der Waals surface area contributed by atoms with E-state index in [1.54, 1.807) is 24.3 Å². The quantitative estimate of drug-likeness (QED) is 0.474. The molecular formula is C21H20F5NO3. The molecule has 1 aliphatic heterocycles. The minimum Gasteiger partial charge on any atom is -0.465 e. The molecule has 0 aliphatic carbocycles. The molecule has 1 aliphatic rings. The number of carbonyl (C=O) groups excluding carboxylic acids is 1. The number of methoxy groups -OCH3 is 1. The fourth-order valence-corrected chi connectivity index (χ4v) is 3.67. The Hall–Kier alpha value is -2.68. The highest BCUT2D eigenvalue weighted by molar-refractivity contribution is 5.89. The summed E-state index contributed by atoms with van der Waals surface area (Å²) in [4.78, 5) is 13.5. The molecule has 1 unspecified atom stereocenters. The van der Waals surface area contributed by atoms with E-state index in [1.807, 2.05) is 4.90 Å². The van der Waals surface area contributed by atoms with E-state index in [-0.39, 0.29) is 12.5 Å². The molecular weight excluding hydrogens is 409 g/mol. The average molecular weight is 429 g/mol. The first kappa shape index (κ1) is 22.0. The van der Waals surface area contributed by atoms with Crippen molar-refractivity contribution >= 4 is 11.7 Å². The van der Waals surface area contributed by atoms with Crippen LogP contribution in [0.1, 0.15) is 33.8 Å². The topological polar surface area (TPSA) is 38.8 Å². The number of carbonyl (C=O) groups is 1. The maximum absolute atomic E-state index is 12.8. The van der Waals surface area contributed by atoms with Crippen molar-refractivity contribution in [2.24, 2.45) is 0 Å². The molecule has 162 valence electrons. The Balaban J connectivity index is 1.81. The molecule has 0 spiro atoms. The van der Waals surface area contributed by atoms with Gasteiger partial charge in [-0.1, -0.05) is 12.1 Å². The monoisotopic (exact) mass is 429 g/mol. The van der Waals surface area contributed by atoms with E-state index in [9.17, 15) is 26.7 Å². The highest BCUT2D eigenvalue weighted by atomic mass is 19.4. The van der Waals surface area contributed by atoms with Gasteiger partial charge < -0.3 is 14.4 Å². The van der Waals surface area contributed by atoms with E-state index >= 15 is 0 Å². The molecule has 1 saturated heterocycles. The standard InChI is InChI=1S/C21H20F5NO3/c1-29-19(28)14-4-8-17(9-5-14)27-11-15(10-18(27)12-30-20(22)23)13-2-6-16(7-3-13)21(24,25)26/h2-9,15,18,20H,10-12H2,1H3/t15?,18-/m0/s1. The van der Waals surface area contributed by atoms with Crippen molar-refractivity contribution in [3.8, 4) is 0 Å². The molecule has 3 rings (SSSR count). The lowest BCUT2D eigenvalue weighted by molar-refractivity contribution is -0.137. The van der Waals surface area contributed by atoms with Crippen LogP contribution < -0.4 is 4.90 Å². The van der Waals surface area contributed by atoms with Gasteiger partial charge in [0.05, 0.1) is 30.9 Å². The van der Waals surface area contributed by atoms with Crippen molar-refractivity contribution in [3.63, 3.8) is 0 Å². The zero-order chi connectivity index (χ0) is 21.9. The second kappa shape index (κ2) is 8.99. The Labute approximate surface area is 170 Å². The summed E-state index contributed by atoms with van der Waals surface area (Å²) in [6, 6.07) is 11.0. The number of esters is 1. The fraction of sp³-hybridized carbons (Fsp3) is 0.381. The number of rotatable bonds is 6. The van der Waals surface area contributed by atoms with E-state index in [4.69, 9.17) is 0 Å². The minimum absolute atomic E-state index is 0.154. The van der Waals surface area contributed by atoms with Gasteiger partial charge in [-0.3, -0.25) is 0 Å². The van der Waals surface area contributed by atoms with Crippen LogP contribution >= 0.6 is 0 Å². The molecule has 0 radical (unpaired) electrons. The third kappa shape index (κ3) is 5.08. The second-order valence-corrected chi connectivity index (χ2v) is 6.99. The van der Waals surface area contributed by atoms with E-state index in [0.717, 1.165) is 12.1 Å². The van der Waals surface area contributed by atoms with Gasteiger partial charge in [-0.25, -0.2) is 4.79 Å². The lowest BCUT2D eigenvalue weighted by atomic mass is 9.95. The van der Waals surface area contributed by atoms with E-state index in [0.29, 0.717) is 29.8 Å². The summed E-state index contributed by atoms with van der Waals surface area (Å²) in [6.45, 7) is -2.73. The first-order valence-corrected chi connectivity index (χ1v) is 9.21. The second-order valence-electron chi connectivity index (χ2n) is 6.99. The first-order chi connectivity index (χ1) is 14.2. The van der Waals surface area contributed by atoms with Crippen LogP contribution in [0.15, 0.2) is 48.5 Å². The summed E-state index contributed by atoms with van der Waals surface area (Å²) in [5, 5.41) is 0. The Morgan fingerprint density at radius 1 is 1.10 bits per heavy atom. The van der Waals surface area contributed by atoms with Gasteiger partial charge in [-0.15, -0.1) is 0 Å². The fourth-order valence-electron chi connectivity index (χ4n) is 3.67. The number of benzene rings is 2. The molecule has 9 heteroatoms. The molecule has 2 aromatic carbocycles. The molecule has 2 atom stereocenters. The zero-order valence-electron chi connectivity index (χ0n) is 16.0. The van der Waals surface area contributed by atoms with Gasteiger partial charge in [0, 0.05) is 18.2 Å². The number of ether oxygens (including phenoxy) is 2. The van der Waals surface area contributed by atoms with Crippen LogP contribution in [0.2, 0.25) is 0 Å². The summed E-state index contributed by atoms with van der Waals surface area (Å²) in [5.74, 6) is -0.651. The van der Waals surface area contributed by atoms with Crippen molar-refractivity contribution < 1.29 is 36.2 Å². The maximum atomic E-state index is 12.8. The van der Waals surface area contributed by atoms with E-state index in [1.165, 1.54) is 19.2 Å². The summed E-state index contributed by atoms with van der Waals surface area (Å²) < 4.78 is 72.7. The lowest BCUT2D eigenvalue weighted by Gasteiger charge is -2.26. The number of halogens is 5. The van der Waals surface area contributed by atoms with E-state index in [2.05, 4.69) is 9.47 Å². The minimum atomic E-state index is -4.42. The predicted molar refractivity (Wildman–Crippen MR) is 99.7 cm³/mol. The van der Waals surface area contributed by atoms with Gasteiger partial charge in [0.2, 0.25) is 0 Å². The van der Waals surface area contributed by atoms with Crippen LogP contribution in [0, 0.1) is 0 Å². The largest absolute Gasteiger partial charge is 0.465 e. The van der Waals surface area contributed by atoms with Crippen LogP contribution in [0.3, 0.4) is 0 Å². The van der Waals surface area contributed by atoms with Crippen molar-refractivity contribution in [3.05, 3.63) is 65.2 Å². The normalized spacial score (nSPS) is 19.4. The van der Waals surface area contributed by atoms with Gasteiger partial charge >= 0.3 is 18.8 Å². The van der Waals surface area contributed by atoms with E-state index < -0.39 is 30.4 Å². The van der Waals surface area contributed by atoms with Gasteiger partial charge in [-0.2, -0.15) is 22.0 Å². The summed E-state index contributed by atoms with van der Waals surface area (Å²) in [5.41, 5.74) is 0.996. The highest BCUT2D eigenvalue weighted by Crippen LogP contribution is 2.37. The third-order valence-electron chi connectivity index (χ3n) is 5.16. The van der Waals surface area contributed by atoms with Crippen LogP contribution in [-0.4, -0.2) is 38.9 Å². The van der Waals surface area contributed by atoms with Gasteiger partial charge in [0.25, 0.3) is 0 Å². The van der Waals surface area contributed by atoms with Gasteiger partial charge in [0.1, 0.15) is 0 Å². The lowest BCUT2D eigenvalue weighted by Crippen LogP contribution is -2.33. The number of hydrogen-bond donors (Lipinski definition) is 0. The van der Waals surface area contributed by atoms with Gasteiger partial charge in [0.15, 0.2) is 0 Å². The molecule has 0 bridgehead atoms. The highest BCUT2D eigenvalue weighted by Gasteiger charge is 2.35. The van der Waals surface area contributed by atoms with Crippen molar-refractivity contribution in [1.82, 2.24) is 0 Å².